The van der Waals surface area contributed by atoms with Crippen molar-refractivity contribution in [1.82, 2.24) is 15.1 Å². The highest BCUT2D eigenvalue weighted by atomic mass is 15.2. The Morgan fingerprint density at radius 3 is 2.44 bits per heavy atom. The quantitative estimate of drug-likeness (QED) is 0.663. The highest BCUT2D eigenvalue weighted by molar-refractivity contribution is 4.77. The third-order valence-electron chi connectivity index (χ3n) is 3.70. The standard InChI is InChI=1S/C13H29N3/c1-4-8-14-9-12-15(3)13-6-10-16(5-2)11-7-13/h13-14H,4-12H2,1-3H3. The van der Waals surface area contributed by atoms with Gasteiger partial charge in [0.05, 0.1) is 0 Å². The molecule has 0 amide bonds. The van der Waals surface area contributed by atoms with Gasteiger partial charge < -0.3 is 15.1 Å². The third kappa shape index (κ3) is 4.81. The van der Waals surface area contributed by atoms with E-state index in [-0.39, 0.29) is 0 Å². The van der Waals surface area contributed by atoms with Gasteiger partial charge in [0.1, 0.15) is 0 Å². The van der Waals surface area contributed by atoms with Gasteiger partial charge in [-0.15, -0.1) is 0 Å². The zero-order chi connectivity index (χ0) is 11.8. The van der Waals surface area contributed by atoms with E-state index in [4.69, 9.17) is 0 Å². The molecule has 96 valence electrons. The van der Waals surface area contributed by atoms with Crippen molar-refractivity contribution in [3.05, 3.63) is 0 Å². The largest absolute Gasteiger partial charge is 0.315 e. The molecule has 3 heteroatoms. The van der Waals surface area contributed by atoms with E-state index in [9.17, 15) is 0 Å². The van der Waals surface area contributed by atoms with Crippen molar-refractivity contribution in [3.63, 3.8) is 0 Å². The molecule has 0 spiro atoms. The summed E-state index contributed by atoms with van der Waals surface area (Å²) in [6.07, 6.45) is 3.93. The lowest BCUT2D eigenvalue weighted by Gasteiger charge is -2.36. The number of likely N-dealkylation sites (N-methyl/N-ethyl adjacent to an activating group) is 1. The number of hydrogen-bond acceptors (Lipinski definition) is 3. The predicted octanol–water partition coefficient (Wildman–Crippen LogP) is 1.40. The third-order valence-corrected chi connectivity index (χ3v) is 3.70. The van der Waals surface area contributed by atoms with Crippen LogP contribution in [0.3, 0.4) is 0 Å². The molecule has 1 heterocycles. The van der Waals surface area contributed by atoms with Crippen molar-refractivity contribution < 1.29 is 0 Å². The molecule has 3 nitrogen and oxygen atoms in total. The minimum atomic E-state index is 0.811. The lowest BCUT2D eigenvalue weighted by molar-refractivity contribution is 0.132. The molecule has 0 unspecified atom stereocenters. The predicted molar refractivity (Wildman–Crippen MR) is 70.9 cm³/mol. The van der Waals surface area contributed by atoms with Crippen LogP contribution < -0.4 is 5.32 Å². The molecule has 0 radical (unpaired) electrons. The first kappa shape index (κ1) is 13.9. The second-order valence-corrected chi connectivity index (χ2v) is 4.90. The van der Waals surface area contributed by atoms with E-state index in [2.05, 4.69) is 36.0 Å². The summed E-state index contributed by atoms with van der Waals surface area (Å²) in [5.74, 6) is 0. The van der Waals surface area contributed by atoms with Gasteiger partial charge in [-0.2, -0.15) is 0 Å². The maximum Gasteiger partial charge on any atom is 0.0117 e. The lowest BCUT2D eigenvalue weighted by Crippen LogP contribution is -2.45. The molecule has 0 aromatic rings. The molecule has 0 aliphatic carbocycles. The Kier molecular flexibility index (Phi) is 7.01. The Bertz CT molecular complexity index is 165. The van der Waals surface area contributed by atoms with Crippen molar-refractivity contribution in [2.75, 3.05) is 46.3 Å². The van der Waals surface area contributed by atoms with Crippen LogP contribution in [0.2, 0.25) is 0 Å². The van der Waals surface area contributed by atoms with E-state index in [0.29, 0.717) is 0 Å². The minimum Gasteiger partial charge on any atom is -0.315 e. The fraction of sp³-hybridized carbons (Fsp3) is 1.00. The average molecular weight is 227 g/mol. The molecule has 1 aliphatic heterocycles. The van der Waals surface area contributed by atoms with Gasteiger partial charge in [-0.25, -0.2) is 0 Å². The van der Waals surface area contributed by atoms with E-state index in [1.165, 1.54) is 45.4 Å². The Morgan fingerprint density at radius 2 is 1.88 bits per heavy atom. The second-order valence-electron chi connectivity index (χ2n) is 4.90. The van der Waals surface area contributed by atoms with Gasteiger partial charge in [0.2, 0.25) is 0 Å². The molecule has 0 aromatic heterocycles. The Labute approximate surface area is 101 Å². The van der Waals surface area contributed by atoms with E-state index < -0.39 is 0 Å². The van der Waals surface area contributed by atoms with Gasteiger partial charge in [0, 0.05) is 19.1 Å². The first-order chi connectivity index (χ1) is 7.77. The number of hydrogen-bond donors (Lipinski definition) is 1. The highest BCUT2D eigenvalue weighted by Crippen LogP contribution is 2.14. The van der Waals surface area contributed by atoms with Crippen LogP contribution in [0.25, 0.3) is 0 Å². The van der Waals surface area contributed by atoms with Gasteiger partial charge in [0.15, 0.2) is 0 Å². The van der Waals surface area contributed by atoms with Crippen LogP contribution in [0.15, 0.2) is 0 Å². The molecule has 1 fully saturated rings. The van der Waals surface area contributed by atoms with Crippen molar-refractivity contribution in [2.45, 2.75) is 39.2 Å². The van der Waals surface area contributed by atoms with E-state index in [0.717, 1.165) is 19.1 Å². The summed E-state index contributed by atoms with van der Waals surface area (Å²) in [7, 11) is 2.28. The molecule has 1 saturated heterocycles. The summed E-state index contributed by atoms with van der Waals surface area (Å²) in [5.41, 5.74) is 0. The molecule has 0 atom stereocenters. The molecule has 0 aromatic carbocycles. The van der Waals surface area contributed by atoms with Gasteiger partial charge in [-0.05, 0) is 52.5 Å². The smallest absolute Gasteiger partial charge is 0.0117 e. The lowest BCUT2D eigenvalue weighted by atomic mass is 10.0. The molecule has 1 N–H and O–H groups in total. The Hall–Kier alpha value is -0.120. The van der Waals surface area contributed by atoms with E-state index >= 15 is 0 Å². The summed E-state index contributed by atoms with van der Waals surface area (Å²) < 4.78 is 0. The number of nitrogens with zero attached hydrogens (tertiary/aromatic N) is 2. The summed E-state index contributed by atoms with van der Waals surface area (Å²) in [4.78, 5) is 5.09. The maximum atomic E-state index is 3.47. The van der Waals surface area contributed by atoms with Gasteiger partial charge >= 0.3 is 0 Å². The molecular weight excluding hydrogens is 198 g/mol. The van der Waals surface area contributed by atoms with E-state index in [1.54, 1.807) is 0 Å². The normalized spacial score (nSPS) is 19.5. The van der Waals surface area contributed by atoms with Crippen molar-refractivity contribution >= 4 is 0 Å². The topological polar surface area (TPSA) is 18.5 Å². The molecule has 16 heavy (non-hydrogen) atoms. The molecule has 0 bridgehead atoms. The zero-order valence-corrected chi connectivity index (χ0v) is 11.3. The summed E-state index contributed by atoms with van der Waals surface area (Å²) in [5, 5.41) is 3.47. The number of nitrogens with one attached hydrogen (secondary N) is 1. The summed E-state index contributed by atoms with van der Waals surface area (Å²) in [6.45, 7) is 11.8. The van der Waals surface area contributed by atoms with Gasteiger partial charge in [-0.1, -0.05) is 13.8 Å². The second kappa shape index (κ2) is 8.04. The van der Waals surface area contributed by atoms with Crippen LogP contribution in [0.1, 0.15) is 33.1 Å². The number of likely N-dealkylation sites (tertiary alicyclic amines) is 1. The van der Waals surface area contributed by atoms with Crippen LogP contribution in [0, 0.1) is 0 Å². The van der Waals surface area contributed by atoms with Gasteiger partial charge in [0.25, 0.3) is 0 Å². The highest BCUT2D eigenvalue weighted by Gasteiger charge is 2.20. The van der Waals surface area contributed by atoms with Crippen molar-refractivity contribution in [2.24, 2.45) is 0 Å². The maximum absolute atomic E-state index is 3.47. The Balaban J connectivity index is 2.10. The molecule has 0 saturated carbocycles. The number of piperidine rings is 1. The first-order valence-corrected chi connectivity index (χ1v) is 6.91. The Morgan fingerprint density at radius 1 is 1.19 bits per heavy atom. The van der Waals surface area contributed by atoms with E-state index in [1.807, 2.05) is 0 Å². The van der Waals surface area contributed by atoms with Gasteiger partial charge in [-0.3, -0.25) is 0 Å². The summed E-state index contributed by atoms with van der Waals surface area (Å²) in [6, 6.07) is 0.811. The van der Waals surface area contributed by atoms with Crippen molar-refractivity contribution in [3.8, 4) is 0 Å². The zero-order valence-electron chi connectivity index (χ0n) is 11.3. The van der Waals surface area contributed by atoms with Crippen LogP contribution in [0.5, 0.6) is 0 Å². The number of rotatable bonds is 7. The fourth-order valence-corrected chi connectivity index (χ4v) is 2.42. The van der Waals surface area contributed by atoms with Crippen LogP contribution in [-0.4, -0.2) is 62.2 Å². The summed E-state index contributed by atoms with van der Waals surface area (Å²) >= 11 is 0. The first-order valence-electron chi connectivity index (χ1n) is 6.91. The molecular formula is C13H29N3. The molecule has 1 rings (SSSR count). The van der Waals surface area contributed by atoms with Crippen LogP contribution in [0.4, 0.5) is 0 Å². The average Bonchev–Trinajstić information content (AvgIpc) is 2.34. The van der Waals surface area contributed by atoms with Crippen LogP contribution >= 0.6 is 0 Å². The molecule has 1 aliphatic rings. The SMILES string of the molecule is CCCNCCN(C)C1CCN(CC)CC1. The minimum absolute atomic E-state index is 0.811. The van der Waals surface area contributed by atoms with Crippen LogP contribution in [-0.2, 0) is 0 Å². The fourth-order valence-electron chi connectivity index (χ4n) is 2.42. The van der Waals surface area contributed by atoms with Crippen molar-refractivity contribution in [1.29, 1.82) is 0 Å². The monoisotopic (exact) mass is 227 g/mol.